The molecule has 1 aromatic carbocycles. The molecule has 1 heterocycles. The first-order valence-electron chi connectivity index (χ1n) is 4.74. The molecule has 0 saturated carbocycles. The molecule has 0 atom stereocenters. The second-order valence-corrected chi connectivity index (χ2v) is 3.82. The van der Waals surface area contributed by atoms with Crippen LogP contribution in [0.25, 0.3) is 0 Å². The maximum atomic E-state index is 4.40. The minimum absolute atomic E-state index is 0.910. The summed E-state index contributed by atoms with van der Waals surface area (Å²) in [7, 11) is 4.04. The zero-order valence-corrected chi connectivity index (χ0v) is 8.86. The monoisotopic (exact) mass is 189 g/mol. The van der Waals surface area contributed by atoms with Crippen LogP contribution in [0.5, 0.6) is 0 Å². The molecule has 3 heteroatoms. The molecule has 2 rings (SSSR count). The number of benzene rings is 1. The number of aryl methyl sites for hydroxylation is 1. The molecule has 0 spiro atoms. The molecule has 74 valence electrons. The summed E-state index contributed by atoms with van der Waals surface area (Å²) in [5.74, 6) is 0. The van der Waals surface area contributed by atoms with E-state index >= 15 is 0 Å². The lowest BCUT2D eigenvalue weighted by molar-refractivity contribution is 0.107. The summed E-state index contributed by atoms with van der Waals surface area (Å²) in [6, 6.07) is 6.37. The van der Waals surface area contributed by atoms with E-state index in [0.717, 1.165) is 12.2 Å². The van der Waals surface area contributed by atoms with Gasteiger partial charge < -0.3 is 0 Å². The van der Waals surface area contributed by atoms with E-state index in [4.69, 9.17) is 0 Å². The van der Waals surface area contributed by atoms with Gasteiger partial charge in [0.25, 0.3) is 0 Å². The lowest BCUT2D eigenvalue weighted by Crippen LogP contribution is -2.36. The summed E-state index contributed by atoms with van der Waals surface area (Å²) in [4.78, 5) is 4.40. The van der Waals surface area contributed by atoms with Crippen molar-refractivity contribution in [3.63, 3.8) is 0 Å². The predicted octanol–water partition coefficient (Wildman–Crippen LogP) is 1.95. The van der Waals surface area contributed by atoms with Gasteiger partial charge in [0, 0.05) is 14.1 Å². The van der Waals surface area contributed by atoms with Gasteiger partial charge in [0.2, 0.25) is 0 Å². The molecular weight excluding hydrogens is 174 g/mol. The molecule has 0 unspecified atom stereocenters. The molecule has 0 amide bonds. The van der Waals surface area contributed by atoms with Crippen molar-refractivity contribution in [1.82, 2.24) is 10.0 Å². The van der Waals surface area contributed by atoms with Crippen molar-refractivity contribution in [2.45, 2.75) is 13.5 Å². The van der Waals surface area contributed by atoms with Gasteiger partial charge in [0.1, 0.15) is 6.34 Å². The van der Waals surface area contributed by atoms with Gasteiger partial charge >= 0.3 is 0 Å². The smallest absolute Gasteiger partial charge is 0.106 e. The quantitative estimate of drug-likeness (QED) is 0.672. The highest BCUT2D eigenvalue weighted by Gasteiger charge is 2.12. The van der Waals surface area contributed by atoms with Gasteiger partial charge in [0.15, 0.2) is 0 Å². The van der Waals surface area contributed by atoms with Gasteiger partial charge in [-0.25, -0.2) is 10.0 Å². The fourth-order valence-corrected chi connectivity index (χ4v) is 1.56. The lowest BCUT2D eigenvalue weighted by Gasteiger charge is -2.29. The molecular formula is C11H15N3. The molecule has 0 bridgehead atoms. The number of fused-ring (bicyclic) bond motifs is 1. The summed E-state index contributed by atoms with van der Waals surface area (Å²) in [6.07, 6.45) is 1.87. The number of hydrogen-bond acceptors (Lipinski definition) is 3. The van der Waals surface area contributed by atoms with Crippen LogP contribution in [0.2, 0.25) is 0 Å². The zero-order valence-electron chi connectivity index (χ0n) is 8.86. The SMILES string of the molecule is Cc1ccc2c(c1)CN(N(C)C)C=N2. The minimum atomic E-state index is 0.910. The second kappa shape index (κ2) is 3.42. The van der Waals surface area contributed by atoms with Gasteiger partial charge in [-0.1, -0.05) is 17.7 Å². The van der Waals surface area contributed by atoms with Crippen molar-refractivity contribution in [3.8, 4) is 0 Å². The van der Waals surface area contributed by atoms with E-state index in [-0.39, 0.29) is 0 Å². The van der Waals surface area contributed by atoms with E-state index in [1.165, 1.54) is 11.1 Å². The number of aliphatic imine (C=N–C) groups is 1. The summed E-state index contributed by atoms with van der Waals surface area (Å²) in [5, 5.41) is 4.12. The molecule has 0 saturated heterocycles. The molecule has 0 aromatic heterocycles. The predicted molar refractivity (Wildman–Crippen MR) is 58.6 cm³/mol. The highest BCUT2D eigenvalue weighted by Crippen LogP contribution is 2.24. The molecule has 1 aliphatic rings. The minimum Gasteiger partial charge on any atom is -0.292 e. The van der Waals surface area contributed by atoms with E-state index in [1.54, 1.807) is 0 Å². The third-order valence-electron chi connectivity index (χ3n) is 2.41. The van der Waals surface area contributed by atoms with Crippen LogP contribution in [0, 0.1) is 6.92 Å². The fraction of sp³-hybridized carbons (Fsp3) is 0.364. The summed E-state index contributed by atoms with van der Waals surface area (Å²) in [6.45, 7) is 3.02. The van der Waals surface area contributed by atoms with Gasteiger partial charge in [-0.15, -0.1) is 0 Å². The van der Waals surface area contributed by atoms with Crippen LogP contribution in [-0.2, 0) is 6.54 Å². The average molecular weight is 189 g/mol. The zero-order chi connectivity index (χ0) is 10.1. The van der Waals surface area contributed by atoms with Gasteiger partial charge in [-0.3, -0.25) is 5.01 Å². The molecule has 0 N–H and O–H groups in total. The van der Waals surface area contributed by atoms with Crippen molar-refractivity contribution in [1.29, 1.82) is 0 Å². The van der Waals surface area contributed by atoms with E-state index in [2.05, 4.69) is 35.1 Å². The third-order valence-corrected chi connectivity index (χ3v) is 2.41. The van der Waals surface area contributed by atoms with E-state index in [0.29, 0.717) is 0 Å². The van der Waals surface area contributed by atoms with E-state index < -0.39 is 0 Å². The molecule has 3 nitrogen and oxygen atoms in total. The van der Waals surface area contributed by atoms with Crippen LogP contribution >= 0.6 is 0 Å². The number of hydrogen-bond donors (Lipinski definition) is 0. The summed E-state index contributed by atoms with van der Waals surface area (Å²) in [5.41, 5.74) is 3.68. The first-order valence-corrected chi connectivity index (χ1v) is 4.74. The average Bonchev–Trinajstić information content (AvgIpc) is 2.16. The van der Waals surface area contributed by atoms with Crippen molar-refractivity contribution in [2.75, 3.05) is 14.1 Å². The molecule has 0 aliphatic carbocycles. The van der Waals surface area contributed by atoms with Crippen molar-refractivity contribution < 1.29 is 0 Å². The van der Waals surface area contributed by atoms with Gasteiger partial charge in [0.05, 0.1) is 12.2 Å². The standard InChI is InChI=1S/C11H15N3/c1-9-4-5-11-10(6-9)7-14(8-12-11)13(2)3/h4-6,8H,7H2,1-3H3. The maximum absolute atomic E-state index is 4.40. The van der Waals surface area contributed by atoms with Crippen LogP contribution in [0.4, 0.5) is 5.69 Å². The Kier molecular flexibility index (Phi) is 2.25. The third kappa shape index (κ3) is 1.63. The van der Waals surface area contributed by atoms with Crippen LogP contribution in [0.1, 0.15) is 11.1 Å². The Labute approximate surface area is 84.6 Å². The highest BCUT2D eigenvalue weighted by atomic mass is 15.6. The Hall–Kier alpha value is -1.35. The fourth-order valence-electron chi connectivity index (χ4n) is 1.56. The summed E-state index contributed by atoms with van der Waals surface area (Å²) >= 11 is 0. The molecule has 1 aliphatic heterocycles. The second-order valence-electron chi connectivity index (χ2n) is 3.82. The van der Waals surface area contributed by atoms with Gasteiger partial charge in [-0.2, -0.15) is 0 Å². The molecule has 1 aromatic rings. The first-order chi connectivity index (χ1) is 6.66. The van der Waals surface area contributed by atoms with Crippen LogP contribution in [0.15, 0.2) is 23.2 Å². The largest absolute Gasteiger partial charge is 0.292 e. The van der Waals surface area contributed by atoms with Crippen molar-refractivity contribution in [3.05, 3.63) is 29.3 Å². The first kappa shape index (κ1) is 9.21. The van der Waals surface area contributed by atoms with Crippen LogP contribution in [0.3, 0.4) is 0 Å². The van der Waals surface area contributed by atoms with Crippen molar-refractivity contribution >= 4 is 12.0 Å². The van der Waals surface area contributed by atoms with E-state index in [9.17, 15) is 0 Å². The Morgan fingerprint density at radius 1 is 1.36 bits per heavy atom. The van der Waals surface area contributed by atoms with E-state index in [1.807, 2.05) is 25.4 Å². The Balaban J connectivity index is 2.32. The molecule has 0 radical (unpaired) electrons. The molecule has 14 heavy (non-hydrogen) atoms. The maximum Gasteiger partial charge on any atom is 0.106 e. The van der Waals surface area contributed by atoms with Crippen molar-refractivity contribution in [2.24, 2.45) is 4.99 Å². The topological polar surface area (TPSA) is 18.8 Å². The lowest BCUT2D eigenvalue weighted by atomic mass is 10.1. The number of rotatable bonds is 1. The Morgan fingerprint density at radius 2 is 2.14 bits per heavy atom. The normalized spacial score (nSPS) is 14.7. The Morgan fingerprint density at radius 3 is 2.86 bits per heavy atom. The summed E-state index contributed by atoms with van der Waals surface area (Å²) < 4.78 is 0. The Bertz CT molecular complexity index is 369. The number of hydrazine groups is 1. The molecule has 0 fully saturated rings. The number of nitrogens with zero attached hydrogens (tertiary/aromatic N) is 3. The highest BCUT2D eigenvalue weighted by molar-refractivity contribution is 5.66. The van der Waals surface area contributed by atoms with Crippen LogP contribution < -0.4 is 0 Å². The van der Waals surface area contributed by atoms with Gasteiger partial charge in [-0.05, 0) is 18.6 Å². The van der Waals surface area contributed by atoms with Crippen LogP contribution in [-0.4, -0.2) is 30.5 Å².